The average molecular weight is 527 g/mol. The summed E-state index contributed by atoms with van der Waals surface area (Å²) in [5, 5.41) is 0. The normalized spacial score (nSPS) is 16.0. The van der Waals surface area contributed by atoms with E-state index in [2.05, 4.69) is 23.7 Å². The minimum atomic E-state index is -0.299. The summed E-state index contributed by atoms with van der Waals surface area (Å²) in [6, 6.07) is 34.6. The van der Waals surface area contributed by atoms with Gasteiger partial charge in [-0.2, -0.15) is 0 Å². The third kappa shape index (κ3) is 8.11. The zero-order chi connectivity index (χ0) is 27.4. The molecule has 0 radical (unpaired) electrons. The molecule has 1 aliphatic carbocycles. The SMILES string of the molecule is O=C(OC1CCC(OCOc2ccc(C#Cc3ccccc3)cc2)CC1)c1ccc(C#Cc2ccccc2)cc1. The third-order valence-electron chi connectivity index (χ3n) is 6.65. The standard InChI is InChI=1S/C36H30O4/c37-36(32-19-15-30(16-20-32)13-11-28-7-3-1-4-8-28)40-35-25-23-34(24-26-35)39-27-38-33-21-17-31(18-22-33)14-12-29-9-5-2-6-10-29/h1-10,15-22,34-35H,23-27H2. The predicted molar refractivity (Wildman–Crippen MR) is 156 cm³/mol. The molecule has 0 N–H and O–H groups in total. The molecule has 0 saturated heterocycles. The maximum atomic E-state index is 12.6. The second-order valence-electron chi connectivity index (χ2n) is 9.57. The van der Waals surface area contributed by atoms with E-state index >= 15 is 0 Å². The monoisotopic (exact) mass is 526 g/mol. The highest BCUT2D eigenvalue weighted by molar-refractivity contribution is 5.89. The molecule has 0 heterocycles. The summed E-state index contributed by atoms with van der Waals surface area (Å²) in [7, 11) is 0. The lowest BCUT2D eigenvalue weighted by molar-refractivity contribution is -0.0666. The Kier molecular flexibility index (Phi) is 9.29. The highest BCUT2D eigenvalue weighted by Gasteiger charge is 2.25. The first kappa shape index (κ1) is 26.8. The molecule has 1 aliphatic rings. The summed E-state index contributed by atoms with van der Waals surface area (Å²) in [6.07, 6.45) is 3.17. The Hall–Kier alpha value is -4.77. The number of esters is 1. The number of ether oxygens (including phenoxy) is 3. The van der Waals surface area contributed by atoms with Crippen LogP contribution >= 0.6 is 0 Å². The molecule has 1 fully saturated rings. The number of benzene rings is 4. The minimum absolute atomic E-state index is 0.0911. The van der Waals surface area contributed by atoms with Gasteiger partial charge in [-0.15, -0.1) is 0 Å². The molecule has 1 saturated carbocycles. The first-order chi connectivity index (χ1) is 19.7. The van der Waals surface area contributed by atoms with Gasteiger partial charge in [0.15, 0.2) is 6.79 Å². The van der Waals surface area contributed by atoms with Gasteiger partial charge in [0.2, 0.25) is 0 Å². The second kappa shape index (κ2) is 13.9. The van der Waals surface area contributed by atoms with Gasteiger partial charge in [-0.25, -0.2) is 4.79 Å². The van der Waals surface area contributed by atoms with Crippen molar-refractivity contribution < 1.29 is 19.0 Å². The third-order valence-corrected chi connectivity index (χ3v) is 6.65. The fraction of sp³-hybridized carbons (Fsp3) is 0.194. The molecule has 4 aromatic carbocycles. The maximum absolute atomic E-state index is 12.6. The molecular formula is C36H30O4. The molecular weight excluding hydrogens is 496 g/mol. The van der Waals surface area contributed by atoms with Gasteiger partial charge in [-0.3, -0.25) is 0 Å². The molecule has 0 spiro atoms. The zero-order valence-corrected chi connectivity index (χ0v) is 22.2. The van der Waals surface area contributed by atoms with Crippen LogP contribution in [0.15, 0.2) is 109 Å². The van der Waals surface area contributed by atoms with Gasteiger partial charge in [-0.1, -0.05) is 60.1 Å². The minimum Gasteiger partial charge on any atom is -0.468 e. The smallest absolute Gasteiger partial charge is 0.338 e. The molecule has 0 aromatic heterocycles. The molecule has 5 rings (SSSR count). The summed E-state index contributed by atoms with van der Waals surface area (Å²) < 4.78 is 17.4. The van der Waals surface area contributed by atoms with Crippen LogP contribution in [0.5, 0.6) is 5.75 Å². The maximum Gasteiger partial charge on any atom is 0.338 e. The summed E-state index contributed by atoms with van der Waals surface area (Å²) in [5.74, 6) is 13.0. The summed E-state index contributed by atoms with van der Waals surface area (Å²) in [6.45, 7) is 0.184. The largest absolute Gasteiger partial charge is 0.468 e. The lowest BCUT2D eigenvalue weighted by Gasteiger charge is -2.28. The van der Waals surface area contributed by atoms with E-state index in [0.29, 0.717) is 5.56 Å². The van der Waals surface area contributed by atoms with Crippen LogP contribution in [0.25, 0.3) is 0 Å². The van der Waals surface area contributed by atoms with E-state index in [1.807, 2.05) is 97.1 Å². The second-order valence-corrected chi connectivity index (χ2v) is 9.57. The number of hydrogen-bond donors (Lipinski definition) is 0. The van der Waals surface area contributed by atoms with Crippen LogP contribution in [0.3, 0.4) is 0 Å². The van der Waals surface area contributed by atoms with Crippen molar-refractivity contribution in [2.75, 3.05) is 6.79 Å². The van der Waals surface area contributed by atoms with Crippen LogP contribution in [0.2, 0.25) is 0 Å². The first-order valence-corrected chi connectivity index (χ1v) is 13.5. The van der Waals surface area contributed by atoms with Crippen molar-refractivity contribution in [2.24, 2.45) is 0 Å². The Bertz CT molecular complexity index is 1500. The van der Waals surface area contributed by atoms with Gasteiger partial charge in [-0.05, 0) is 98.5 Å². The van der Waals surface area contributed by atoms with Crippen LogP contribution in [-0.2, 0) is 9.47 Å². The molecule has 4 aromatic rings. The van der Waals surface area contributed by atoms with Gasteiger partial charge < -0.3 is 14.2 Å². The van der Waals surface area contributed by atoms with Gasteiger partial charge in [0.25, 0.3) is 0 Å². The van der Waals surface area contributed by atoms with Crippen molar-refractivity contribution in [3.05, 3.63) is 137 Å². The number of carbonyl (C=O) groups is 1. The molecule has 0 aliphatic heterocycles. The highest BCUT2D eigenvalue weighted by atomic mass is 16.7. The van der Waals surface area contributed by atoms with E-state index in [9.17, 15) is 4.79 Å². The topological polar surface area (TPSA) is 44.8 Å². The van der Waals surface area contributed by atoms with Crippen molar-refractivity contribution in [1.82, 2.24) is 0 Å². The highest BCUT2D eigenvalue weighted by Crippen LogP contribution is 2.25. The number of hydrogen-bond acceptors (Lipinski definition) is 4. The van der Waals surface area contributed by atoms with E-state index in [1.165, 1.54) is 0 Å². The molecule has 198 valence electrons. The lowest BCUT2D eigenvalue weighted by Crippen LogP contribution is -2.29. The average Bonchev–Trinajstić information content (AvgIpc) is 3.02. The summed E-state index contributed by atoms with van der Waals surface area (Å²) in [4.78, 5) is 12.6. The zero-order valence-electron chi connectivity index (χ0n) is 22.2. The van der Waals surface area contributed by atoms with Gasteiger partial charge in [0.1, 0.15) is 11.9 Å². The fourth-order valence-electron chi connectivity index (χ4n) is 4.39. The van der Waals surface area contributed by atoms with E-state index < -0.39 is 0 Å². The molecule has 0 amide bonds. The van der Waals surface area contributed by atoms with Crippen LogP contribution < -0.4 is 4.74 Å². The number of rotatable bonds is 6. The van der Waals surface area contributed by atoms with Crippen LogP contribution in [0, 0.1) is 23.7 Å². The van der Waals surface area contributed by atoms with Crippen LogP contribution in [0.1, 0.15) is 58.3 Å². The first-order valence-electron chi connectivity index (χ1n) is 13.5. The van der Waals surface area contributed by atoms with E-state index in [-0.39, 0.29) is 25.0 Å². The van der Waals surface area contributed by atoms with Crippen LogP contribution in [-0.4, -0.2) is 25.0 Å². The van der Waals surface area contributed by atoms with Crippen molar-refractivity contribution in [2.45, 2.75) is 37.9 Å². The van der Waals surface area contributed by atoms with Crippen LogP contribution in [0.4, 0.5) is 0 Å². The molecule has 0 unspecified atom stereocenters. The number of carbonyl (C=O) groups excluding carboxylic acids is 1. The molecule has 4 nitrogen and oxygen atoms in total. The molecule has 40 heavy (non-hydrogen) atoms. The Morgan fingerprint density at radius 1 is 0.575 bits per heavy atom. The van der Waals surface area contributed by atoms with Gasteiger partial charge >= 0.3 is 5.97 Å². The molecule has 0 atom stereocenters. The van der Waals surface area contributed by atoms with E-state index in [0.717, 1.165) is 53.7 Å². The van der Waals surface area contributed by atoms with E-state index in [4.69, 9.17) is 14.2 Å². The van der Waals surface area contributed by atoms with Crippen molar-refractivity contribution in [3.8, 4) is 29.4 Å². The Morgan fingerprint density at radius 3 is 1.55 bits per heavy atom. The Labute approximate surface area is 235 Å². The fourth-order valence-corrected chi connectivity index (χ4v) is 4.39. The molecule has 0 bridgehead atoms. The van der Waals surface area contributed by atoms with Crippen molar-refractivity contribution >= 4 is 5.97 Å². The van der Waals surface area contributed by atoms with Crippen molar-refractivity contribution in [3.63, 3.8) is 0 Å². The lowest BCUT2D eigenvalue weighted by atomic mass is 9.95. The van der Waals surface area contributed by atoms with Gasteiger partial charge in [0.05, 0.1) is 11.7 Å². The quantitative estimate of drug-likeness (QED) is 0.154. The molecule has 4 heteroatoms. The van der Waals surface area contributed by atoms with Crippen molar-refractivity contribution in [1.29, 1.82) is 0 Å². The Balaban J connectivity index is 1.01. The van der Waals surface area contributed by atoms with E-state index in [1.54, 1.807) is 12.1 Å². The summed E-state index contributed by atoms with van der Waals surface area (Å²) in [5.41, 5.74) is 4.26. The predicted octanol–water partition coefficient (Wildman–Crippen LogP) is 7.01. The Morgan fingerprint density at radius 2 is 1.02 bits per heavy atom. The summed E-state index contributed by atoms with van der Waals surface area (Å²) >= 11 is 0. The van der Waals surface area contributed by atoms with Gasteiger partial charge in [0, 0.05) is 22.3 Å².